The van der Waals surface area contributed by atoms with Crippen LogP contribution in [0.25, 0.3) is 0 Å². The predicted octanol–water partition coefficient (Wildman–Crippen LogP) is 5.88. The third kappa shape index (κ3) is 5.72. The van der Waals surface area contributed by atoms with Gasteiger partial charge in [0, 0.05) is 5.56 Å². The quantitative estimate of drug-likeness (QED) is 0.363. The molecule has 0 radical (unpaired) electrons. The van der Waals surface area contributed by atoms with Crippen molar-refractivity contribution in [3.63, 3.8) is 0 Å². The van der Waals surface area contributed by atoms with Crippen molar-refractivity contribution in [1.29, 1.82) is 0 Å². The summed E-state index contributed by atoms with van der Waals surface area (Å²) in [5.41, 5.74) is 2.91. The Morgan fingerprint density at radius 2 is 1.86 bits per heavy atom. The van der Waals surface area contributed by atoms with Crippen LogP contribution in [0.5, 0.6) is 23.0 Å². The smallest absolute Gasteiger partial charge is 0.312 e. The van der Waals surface area contributed by atoms with Crippen molar-refractivity contribution in [3.8, 4) is 23.0 Å². The molecule has 1 aliphatic rings. The first-order valence-corrected chi connectivity index (χ1v) is 12.7. The second-order valence-corrected chi connectivity index (χ2v) is 10.5. The van der Waals surface area contributed by atoms with Gasteiger partial charge in [-0.3, -0.25) is 4.79 Å². The Bertz CT molecular complexity index is 1170. The van der Waals surface area contributed by atoms with E-state index in [9.17, 15) is 15.0 Å². The molecule has 0 amide bonds. The van der Waals surface area contributed by atoms with Crippen LogP contribution in [0.3, 0.4) is 0 Å². The zero-order valence-corrected chi connectivity index (χ0v) is 23.1. The maximum atomic E-state index is 11.6. The van der Waals surface area contributed by atoms with E-state index in [4.69, 9.17) is 18.9 Å². The Morgan fingerprint density at radius 1 is 1.16 bits per heavy atom. The molecule has 0 aromatic heterocycles. The van der Waals surface area contributed by atoms with Gasteiger partial charge in [0.1, 0.15) is 30.3 Å². The first-order valence-electron chi connectivity index (χ1n) is 12.7. The molecule has 202 valence electrons. The molecule has 0 aliphatic carbocycles. The number of ether oxygens (including phenoxy) is 4. The van der Waals surface area contributed by atoms with Crippen LogP contribution in [0, 0.1) is 26.2 Å². The molecule has 2 N–H and O–H groups in total. The molecule has 0 spiro atoms. The van der Waals surface area contributed by atoms with Crippen molar-refractivity contribution >= 4 is 5.97 Å². The zero-order valence-electron chi connectivity index (χ0n) is 23.1. The molecular formula is C30H40O7. The molecule has 1 aliphatic heterocycles. The van der Waals surface area contributed by atoms with Gasteiger partial charge in [-0.2, -0.15) is 0 Å². The summed E-state index contributed by atoms with van der Waals surface area (Å²) in [5, 5.41) is 20.2. The highest BCUT2D eigenvalue weighted by Crippen LogP contribution is 2.44. The van der Waals surface area contributed by atoms with Crippen LogP contribution in [0.1, 0.15) is 68.0 Å². The second-order valence-electron chi connectivity index (χ2n) is 10.5. The van der Waals surface area contributed by atoms with Gasteiger partial charge in [0.25, 0.3) is 0 Å². The van der Waals surface area contributed by atoms with Crippen LogP contribution in [0.15, 0.2) is 30.9 Å². The minimum atomic E-state index is -1.35. The van der Waals surface area contributed by atoms with Crippen molar-refractivity contribution in [3.05, 3.63) is 58.7 Å². The maximum Gasteiger partial charge on any atom is 0.312 e. The van der Waals surface area contributed by atoms with Crippen molar-refractivity contribution in [2.75, 3.05) is 19.8 Å². The fourth-order valence-corrected chi connectivity index (χ4v) is 4.59. The van der Waals surface area contributed by atoms with E-state index in [0.717, 1.165) is 46.6 Å². The maximum absolute atomic E-state index is 11.6. The van der Waals surface area contributed by atoms with Crippen LogP contribution in [-0.2, 0) is 11.2 Å². The molecule has 2 atom stereocenters. The highest BCUT2D eigenvalue weighted by atomic mass is 16.6. The first-order chi connectivity index (χ1) is 17.4. The summed E-state index contributed by atoms with van der Waals surface area (Å²) >= 11 is 0. The number of carboxylic acids is 1. The number of carboxylic acid groups (broad SMARTS) is 1. The van der Waals surface area contributed by atoms with Crippen LogP contribution < -0.4 is 18.9 Å². The van der Waals surface area contributed by atoms with Crippen molar-refractivity contribution < 1.29 is 34.0 Å². The van der Waals surface area contributed by atoms with Gasteiger partial charge in [-0.15, -0.1) is 0 Å². The summed E-state index contributed by atoms with van der Waals surface area (Å²) in [6.45, 7) is 17.9. The molecule has 2 unspecified atom stereocenters. The molecule has 0 saturated carbocycles. The van der Waals surface area contributed by atoms with Crippen LogP contribution in [-0.4, -0.2) is 41.6 Å². The van der Waals surface area contributed by atoms with Crippen molar-refractivity contribution in [2.24, 2.45) is 5.41 Å². The van der Waals surface area contributed by atoms with Gasteiger partial charge < -0.3 is 29.2 Å². The largest absolute Gasteiger partial charge is 0.490 e. The van der Waals surface area contributed by atoms with E-state index in [1.165, 1.54) is 13.8 Å². The Balaban J connectivity index is 1.83. The van der Waals surface area contributed by atoms with Crippen LogP contribution in [0.2, 0.25) is 0 Å². The molecule has 3 rings (SSSR count). The second kappa shape index (κ2) is 11.1. The minimum Gasteiger partial charge on any atom is -0.490 e. The normalized spacial score (nSPS) is 17.8. The topological polar surface area (TPSA) is 94.5 Å². The third-order valence-corrected chi connectivity index (χ3v) is 7.26. The molecule has 7 heteroatoms. The SMILES string of the molecule is C=CCOc1c(C)c(C)c2c(c1C)CCC(C)(COc1ccc(C(O)C(C)(C)C(=O)O)cc1OCC)O2. The number of benzene rings is 2. The minimum absolute atomic E-state index is 0.293. The Labute approximate surface area is 220 Å². The van der Waals surface area contributed by atoms with Gasteiger partial charge in [0.05, 0.1) is 18.1 Å². The van der Waals surface area contributed by atoms with E-state index in [2.05, 4.69) is 20.4 Å². The number of hydrogen-bond acceptors (Lipinski definition) is 6. The Morgan fingerprint density at radius 3 is 2.49 bits per heavy atom. The van der Waals surface area contributed by atoms with Crippen LogP contribution >= 0.6 is 0 Å². The molecule has 1 heterocycles. The van der Waals surface area contributed by atoms with E-state index < -0.39 is 23.1 Å². The summed E-state index contributed by atoms with van der Waals surface area (Å²) in [5.74, 6) is 1.67. The van der Waals surface area contributed by atoms with E-state index >= 15 is 0 Å². The Kier molecular flexibility index (Phi) is 8.48. The number of rotatable bonds is 11. The van der Waals surface area contributed by atoms with Gasteiger partial charge in [-0.1, -0.05) is 18.7 Å². The third-order valence-electron chi connectivity index (χ3n) is 7.26. The number of fused-ring (bicyclic) bond motifs is 1. The van der Waals surface area contributed by atoms with E-state index in [-0.39, 0.29) is 0 Å². The summed E-state index contributed by atoms with van der Waals surface area (Å²) in [4.78, 5) is 11.6. The molecule has 0 fully saturated rings. The first kappa shape index (κ1) is 28.4. The number of hydrogen-bond donors (Lipinski definition) is 2. The van der Waals surface area contributed by atoms with Gasteiger partial charge in [0.2, 0.25) is 0 Å². The molecule has 0 bridgehead atoms. The molecule has 2 aromatic carbocycles. The van der Waals surface area contributed by atoms with Crippen LogP contribution in [0.4, 0.5) is 0 Å². The highest BCUT2D eigenvalue weighted by Gasteiger charge is 2.38. The van der Waals surface area contributed by atoms with Crippen molar-refractivity contribution in [1.82, 2.24) is 0 Å². The summed E-state index contributed by atoms with van der Waals surface area (Å²) in [7, 11) is 0. The molecule has 7 nitrogen and oxygen atoms in total. The standard InChI is InChI=1S/C30H40O7/c1-9-15-35-25-18(3)19(4)26-22(20(25)5)13-14-30(8,37-26)17-36-23-12-11-21(16-24(23)34-10-2)27(31)29(6,7)28(32)33/h9,11-12,16,27,31H,1,10,13-15,17H2,2-8H3,(H,32,33). The fraction of sp³-hybridized carbons (Fsp3) is 0.500. The zero-order chi connectivity index (χ0) is 27.5. The molecular weight excluding hydrogens is 472 g/mol. The molecule has 2 aromatic rings. The lowest BCUT2D eigenvalue weighted by molar-refractivity contribution is -0.153. The predicted molar refractivity (Wildman–Crippen MR) is 143 cm³/mol. The lowest BCUT2D eigenvalue weighted by Crippen LogP contribution is -2.42. The van der Waals surface area contributed by atoms with Gasteiger partial charge in [-0.25, -0.2) is 0 Å². The van der Waals surface area contributed by atoms with E-state index in [1.54, 1.807) is 24.3 Å². The van der Waals surface area contributed by atoms with Gasteiger partial charge >= 0.3 is 5.97 Å². The summed E-state index contributed by atoms with van der Waals surface area (Å²) < 4.78 is 24.5. The summed E-state index contributed by atoms with van der Waals surface area (Å²) in [6.07, 6.45) is 2.14. The lowest BCUT2D eigenvalue weighted by atomic mass is 9.82. The molecule has 37 heavy (non-hydrogen) atoms. The van der Waals surface area contributed by atoms with Gasteiger partial charge in [-0.05, 0) is 95.7 Å². The summed E-state index contributed by atoms with van der Waals surface area (Å²) in [6, 6.07) is 5.04. The average molecular weight is 513 g/mol. The van der Waals surface area contributed by atoms with Gasteiger partial charge in [0.15, 0.2) is 11.5 Å². The lowest BCUT2D eigenvalue weighted by Gasteiger charge is -2.38. The molecule has 0 saturated heterocycles. The van der Waals surface area contributed by atoms with E-state index in [1.807, 2.05) is 20.8 Å². The number of aliphatic hydroxyl groups excluding tert-OH is 1. The Hall–Kier alpha value is -3.19. The number of aliphatic hydroxyl groups is 1. The number of carbonyl (C=O) groups is 1. The fourth-order valence-electron chi connectivity index (χ4n) is 4.59. The monoisotopic (exact) mass is 512 g/mol. The number of aliphatic carboxylic acids is 1. The average Bonchev–Trinajstić information content (AvgIpc) is 2.86. The van der Waals surface area contributed by atoms with E-state index in [0.29, 0.717) is 36.9 Å². The van der Waals surface area contributed by atoms with Crippen molar-refractivity contribution in [2.45, 2.75) is 73.0 Å². The highest BCUT2D eigenvalue weighted by molar-refractivity contribution is 5.74.